The fourth-order valence-corrected chi connectivity index (χ4v) is 2.63. The lowest BCUT2D eigenvalue weighted by Crippen LogP contribution is -2.41. The third-order valence-electron chi connectivity index (χ3n) is 3.78. The molecule has 0 spiro atoms. The van der Waals surface area contributed by atoms with E-state index in [4.69, 9.17) is 4.74 Å². The second-order valence-electron chi connectivity index (χ2n) is 6.20. The molecular formula is C17H27NO. The van der Waals surface area contributed by atoms with E-state index < -0.39 is 0 Å². The lowest BCUT2D eigenvalue weighted by atomic mass is 9.75. The molecule has 1 aromatic carbocycles. The number of hydrogen-bond acceptors (Lipinski definition) is 2. The lowest BCUT2D eigenvalue weighted by molar-refractivity contribution is 0.106. The van der Waals surface area contributed by atoms with Crippen molar-refractivity contribution in [2.24, 2.45) is 5.92 Å². The largest absolute Gasteiger partial charge is 0.380 e. The van der Waals surface area contributed by atoms with E-state index in [-0.39, 0.29) is 0 Å². The summed E-state index contributed by atoms with van der Waals surface area (Å²) in [6.07, 6.45) is 2.54. The molecule has 19 heavy (non-hydrogen) atoms. The zero-order chi connectivity index (χ0) is 13.7. The Morgan fingerprint density at radius 3 is 2.79 bits per heavy atom. The molecule has 2 rings (SSSR count). The minimum atomic E-state index is 0.634. The topological polar surface area (TPSA) is 21.3 Å². The third kappa shape index (κ3) is 4.63. The molecule has 0 unspecified atom stereocenters. The quantitative estimate of drug-likeness (QED) is 0.758. The van der Waals surface area contributed by atoms with Gasteiger partial charge in [0.2, 0.25) is 0 Å². The number of benzene rings is 1. The van der Waals surface area contributed by atoms with Gasteiger partial charge in [-0.15, -0.1) is 0 Å². The van der Waals surface area contributed by atoms with Gasteiger partial charge >= 0.3 is 0 Å². The first-order valence-electron chi connectivity index (χ1n) is 7.53. The van der Waals surface area contributed by atoms with Crippen LogP contribution in [0.4, 0.5) is 0 Å². The van der Waals surface area contributed by atoms with Crippen molar-refractivity contribution in [1.82, 2.24) is 5.32 Å². The van der Waals surface area contributed by atoms with Crippen LogP contribution in [0.2, 0.25) is 0 Å². The molecule has 1 aliphatic rings. The predicted octanol–water partition coefficient (Wildman–Crippen LogP) is 3.50. The first-order chi connectivity index (χ1) is 9.15. The van der Waals surface area contributed by atoms with E-state index in [0.717, 1.165) is 25.7 Å². The highest BCUT2D eigenvalue weighted by atomic mass is 16.5. The van der Waals surface area contributed by atoms with Gasteiger partial charge in [0.15, 0.2) is 0 Å². The molecule has 0 heterocycles. The number of aryl methyl sites for hydroxylation is 1. The Labute approximate surface area is 117 Å². The monoisotopic (exact) mass is 261 g/mol. The molecule has 2 nitrogen and oxygen atoms in total. The molecule has 2 heteroatoms. The van der Waals surface area contributed by atoms with Crippen LogP contribution in [0.5, 0.6) is 0 Å². The summed E-state index contributed by atoms with van der Waals surface area (Å²) in [5, 5.41) is 3.58. The second kappa shape index (κ2) is 7.06. The molecule has 0 atom stereocenters. The van der Waals surface area contributed by atoms with Crippen LogP contribution >= 0.6 is 0 Å². The standard InChI is InChI=1S/C17H27NO/c1-13(2)12-19-8-7-18-17-10-16(11-17)15-6-4-5-14(3)9-15/h4-6,9,13,16-18H,7-8,10-12H2,1-3H3. The van der Waals surface area contributed by atoms with Crippen molar-refractivity contribution in [2.45, 2.75) is 45.6 Å². The van der Waals surface area contributed by atoms with Crippen LogP contribution in [0.1, 0.15) is 43.7 Å². The number of nitrogens with one attached hydrogen (secondary N) is 1. The third-order valence-corrected chi connectivity index (χ3v) is 3.78. The van der Waals surface area contributed by atoms with Gasteiger partial charge < -0.3 is 10.1 Å². The van der Waals surface area contributed by atoms with Gasteiger partial charge in [0.1, 0.15) is 0 Å². The highest BCUT2D eigenvalue weighted by Gasteiger charge is 2.29. The van der Waals surface area contributed by atoms with E-state index >= 15 is 0 Å². The molecular weight excluding hydrogens is 234 g/mol. The lowest BCUT2D eigenvalue weighted by Gasteiger charge is -2.36. The van der Waals surface area contributed by atoms with Crippen molar-refractivity contribution >= 4 is 0 Å². The molecule has 0 amide bonds. The van der Waals surface area contributed by atoms with Gasteiger partial charge in [0.05, 0.1) is 6.61 Å². The molecule has 0 bridgehead atoms. The zero-order valence-electron chi connectivity index (χ0n) is 12.5. The van der Waals surface area contributed by atoms with Crippen molar-refractivity contribution in [3.63, 3.8) is 0 Å². The highest BCUT2D eigenvalue weighted by Crippen LogP contribution is 2.36. The Morgan fingerprint density at radius 2 is 2.11 bits per heavy atom. The number of rotatable bonds is 7. The van der Waals surface area contributed by atoms with Gasteiger partial charge in [0, 0.05) is 19.2 Å². The van der Waals surface area contributed by atoms with Crippen molar-refractivity contribution in [1.29, 1.82) is 0 Å². The van der Waals surface area contributed by atoms with Crippen molar-refractivity contribution in [3.8, 4) is 0 Å². The van der Waals surface area contributed by atoms with Crippen LogP contribution in [-0.4, -0.2) is 25.8 Å². The fourth-order valence-electron chi connectivity index (χ4n) is 2.63. The number of ether oxygens (including phenoxy) is 1. The van der Waals surface area contributed by atoms with E-state index in [0.29, 0.717) is 12.0 Å². The molecule has 0 radical (unpaired) electrons. The minimum Gasteiger partial charge on any atom is -0.380 e. The molecule has 1 fully saturated rings. The summed E-state index contributed by atoms with van der Waals surface area (Å²) < 4.78 is 5.58. The molecule has 0 aliphatic heterocycles. The van der Waals surface area contributed by atoms with Crippen LogP contribution in [0.15, 0.2) is 24.3 Å². The first-order valence-corrected chi connectivity index (χ1v) is 7.53. The zero-order valence-corrected chi connectivity index (χ0v) is 12.5. The van der Waals surface area contributed by atoms with Crippen molar-refractivity contribution in [2.75, 3.05) is 19.8 Å². The van der Waals surface area contributed by atoms with Gasteiger partial charge in [-0.25, -0.2) is 0 Å². The maximum absolute atomic E-state index is 5.58. The summed E-state index contributed by atoms with van der Waals surface area (Å²) in [5.41, 5.74) is 2.88. The smallest absolute Gasteiger partial charge is 0.0591 e. The summed E-state index contributed by atoms with van der Waals surface area (Å²) in [6.45, 7) is 9.24. The van der Waals surface area contributed by atoms with Crippen LogP contribution in [0.25, 0.3) is 0 Å². The Bertz CT molecular complexity index is 383. The van der Waals surface area contributed by atoms with Gasteiger partial charge in [-0.05, 0) is 37.2 Å². The molecule has 0 aromatic heterocycles. The van der Waals surface area contributed by atoms with E-state index in [9.17, 15) is 0 Å². The van der Waals surface area contributed by atoms with Crippen LogP contribution < -0.4 is 5.32 Å². The summed E-state index contributed by atoms with van der Waals surface area (Å²) in [6, 6.07) is 9.62. The average molecular weight is 261 g/mol. The average Bonchev–Trinajstić information content (AvgIpc) is 2.30. The Hall–Kier alpha value is -0.860. The van der Waals surface area contributed by atoms with E-state index in [2.05, 4.69) is 50.4 Å². The van der Waals surface area contributed by atoms with Gasteiger partial charge in [0.25, 0.3) is 0 Å². The van der Waals surface area contributed by atoms with E-state index in [1.807, 2.05) is 0 Å². The molecule has 0 saturated heterocycles. The normalized spacial score (nSPS) is 22.5. The van der Waals surface area contributed by atoms with E-state index in [1.165, 1.54) is 24.0 Å². The minimum absolute atomic E-state index is 0.634. The first kappa shape index (κ1) is 14.5. The maximum Gasteiger partial charge on any atom is 0.0591 e. The summed E-state index contributed by atoms with van der Waals surface area (Å²) in [4.78, 5) is 0. The predicted molar refractivity (Wildman–Crippen MR) is 80.6 cm³/mol. The van der Waals surface area contributed by atoms with Crippen molar-refractivity contribution in [3.05, 3.63) is 35.4 Å². The van der Waals surface area contributed by atoms with E-state index in [1.54, 1.807) is 0 Å². The van der Waals surface area contributed by atoms with Crippen LogP contribution in [0, 0.1) is 12.8 Å². The van der Waals surface area contributed by atoms with Crippen LogP contribution in [0.3, 0.4) is 0 Å². The summed E-state index contributed by atoms with van der Waals surface area (Å²) >= 11 is 0. The summed E-state index contributed by atoms with van der Waals surface area (Å²) in [7, 11) is 0. The molecule has 1 aliphatic carbocycles. The maximum atomic E-state index is 5.58. The van der Waals surface area contributed by atoms with Gasteiger partial charge in [-0.3, -0.25) is 0 Å². The van der Waals surface area contributed by atoms with Gasteiger partial charge in [-0.1, -0.05) is 43.7 Å². The molecule has 1 N–H and O–H groups in total. The SMILES string of the molecule is Cc1cccc(C2CC(NCCOCC(C)C)C2)c1. The van der Waals surface area contributed by atoms with Gasteiger partial charge in [-0.2, -0.15) is 0 Å². The van der Waals surface area contributed by atoms with Crippen LogP contribution in [-0.2, 0) is 4.74 Å². The summed E-state index contributed by atoms with van der Waals surface area (Å²) in [5.74, 6) is 1.39. The second-order valence-corrected chi connectivity index (χ2v) is 6.20. The molecule has 1 saturated carbocycles. The fraction of sp³-hybridized carbons (Fsp3) is 0.647. The Kier molecular flexibility index (Phi) is 5.41. The highest BCUT2D eigenvalue weighted by molar-refractivity contribution is 5.27. The molecule has 1 aromatic rings. The Morgan fingerprint density at radius 1 is 1.32 bits per heavy atom. The van der Waals surface area contributed by atoms with Crippen molar-refractivity contribution < 1.29 is 4.74 Å². The Balaban J connectivity index is 1.59. The number of hydrogen-bond donors (Lipinski definition) is 1. The molecule has 106 valence electrons.